The molecule has 1 aromatic heterocycles. The maximum atomic E-state index is 13.1. The number of aromatic nitrogens is 3. The van der Waals surface area contributed by atoms with Gasteiger partial charge in [-0.3, -0.25) is 9.36 Å². The zero-order valence-electron chi connectivity index (χ0n) is 18.8. The molecule has 1 aliphatic rings. The first-order valence-electron chi connectivity index (χ1n) is 11.2. The Bertz CT molecular complexity index is 1050. The summed E-state index contributed by atoms with van der Waals surface area (Å²) in [6.45, 7) is 6.44. The van der Waals surface area contributed by atoms with E-state index in [-0.39, 0.29) is 18.0 Å². The van der Waals surface area contributed by atoms with Crippen LogP contribution in [0.1, 0.15) is 45.6 Å². The third-order valence-electron chi connectivity index (χ3n) is 6.14. The molecule has 3 aromatic rings. The number of rotatable bonds is 6. The van der Waals surface area contributed by atoms with Crippen LogP contribution in [0.15, 0.2) is 53.7 Å². The van der Waals surface area contributed by atoms with Gasteiger partial charge in [0.1, 0.15) is 0 Å². The zero-order chi connectivity index (χ0) is 22.7. The number of carbonyl (C=O) groups is 1. The minimum absolute atomic E-state index is 0.165. The van der Waals surface area contributed by atoms with Crippen LogP contribution in [0.5, 0.6) is 0 Å². The molecule has 5 nitrogen and oxygen atoms in total. The van der Waals surface area contributed by atoms with E-state index in [9.17, 15) is 4.79 Å². The smallest absolute Gasteiger partial charge is 0.233 e. The van der Waals surface area contributed by atoms with Crippen molar-refractivity contribution in [2.45, 2.75) is 63.7 Å². The van der Waals surface area contributed by atoms with Gasteiger partial charge in [-0.05, 0) is 81.5 Å². The van der Waals surface area contributed by atoms with Gasteiger partial charge in [0.25, 0.3) is 0 Å². The summed E-state index contributed by atoms with van der Waals surface area (Å²) in [7, 11) is 0. The number of aryl methyl sites for hydroxylation is 1. The predicted molar refractivity (Wildman–Crippen MR) is 132 cm³/mol. The molecule has 0 N–H and O–H groups in total. The van der Waals surface area contributed by atoms with Crippen molar-refractivity contribution in [2.75, 3.05) is 5.75 Å². The van der Waals surface area contributed by atoms with E-state index in [0.717, 1.165) is 36.3 Å². The molecule has 2 atom stereocenters. The summed E-state index contributed by atoms with van der Waals surface area (Å²) < 4.78 is 2.03. The topological polar surface area (TPSA) is 51.0 Å². The van der Waals surface area contributed by atoms with Gasteiger partial charge in [-0.2, -0.15) is 0 Å². The van der Waals surface area contributed by atoms with Gasteiger partial charge in [-0.25, -0.2) is 0 Å². The molecule has 1 fully saturated rings. The van der Waals surface area contributed by atoms with Crippen LogP contribution in [-0.2, 0) is 11.2 Å². The van der Waals surface area contributed by atoms with E-state index in [1.165, 1.54) is 23.7 Å². The van der Waals surface area contributed by atoms with Gasteiger partial charge >= 0.3 is 0 Å². The Hall–Kier alpha value is -2.31. The maximum Gasteiger partial charge on any atom is 0.233 e. The Morgan fingerprint density at radius 3 is 2.31 bits per heavy atom. The minimum atomic E-state index is 0.165. The van der Waals surface area contributed by atoms with E-state index in [1.54, 1.807) is 0 Å². The molecule has 4 rings (SSSR count). The average Bonchev–Trinajstić information content (AvgIpc) is 3.22. The number of likely N-dealkylation sites (tertiary alicyclic amines) is 1. The van der Waals surface area contributed by atoms with Gasteiger partial charge in [0, 0.05) is 28.4 Å². The lowest BCUT2D eigenvalue weighted by Crippen LogP contribution is -2.48. The molecule has 0 spiro atoms. The van der Waals surface area contributed by atoms with Gasteiger partial charge in [0.05, 0.1) is 5.75 Å². The molecule has 0 unspecified atom stereocenters. The number of hydrogen-bond donors (Lipinski definition) is 0. The Balaban J connectivity index is 1.64. The summed E-state index contributed by atoms with van der Waals surface area (Å²) in [5, 5.41) is 10.3. The largest absolute Gasteiger partial charge is 0.337 e. The number of amides is 1. The molecular weight excluding hydrogens is 440 g/mol. The van der Waals surface area contributed by atoms with E-state index in [1.807, 2.05) is 33.7 Å². The van der Waals surface area contributed by atoms with Crippen LogP contribution in [0.3, 0.4) is 0 Å². The molecule has 0 bridgehead atoms. The maximum absolute atomic E-state index is 13.1. The SMILES string of the molecule is CCc1ccc(-n2c(SCC(=O)N3[C@@H](C)CCC[C@@H]3C)nnc2-c2ccc(Cl)cc2)cc1. The lowest BCUT2D eigenvalue weighted by atomic mass is 9.98. The van der Waals surface area contributed by atoms with Crippen molar-refractivity contribution >= 4 is 29.3 Å². The molecule has 0 saturated carbocycles. The molecule has 32 heavy (non-hydrogen) atoms. The number of piperidine rings is 1. The molecule has 1 amide bonds. The third kappa shape index (κ3) is 4.86. The third-order valence-corrected chi connectivity index (χ3v) is 7.31. The van der Waals surface area contributed by atoms with Crippen molar-refractivity contribution < 1.29 is 4.79 Å². The highest BCUT2D eigenvalue weighted by atomic mass is 35.5. The highest BCUT2D eigenvalue weighted by Crippen LogP contribution is 2.30. The second-order valence-electron chi connectivity index (χ2n) is 8.39. The first-order valence-corrected chi connectivity index (χ1v) is 12.6. The summed E-state index contributed by atoms with van der Waals surface area (Å²) in [5.41, 5.74) is 3.18. The van der Waals surface area contributed by atoms with Gasteiger partial charge in [-0.1, -0.05) is 42.4 Å². The van der Waals surface area contributed by atoms with E-state index < -0.39 is 0 Å². The number of nitrogens with zero attached hydrogens (tertiary/aromatic N) is 4. The highest BCUT2D eigenvalue weighted by Gasteiger charge is 2.29. The van der Waals surface area contributed by atoms with Gasteiger partial charge in [0.15, 0.2) is 11.0 Å². The molecule has 168 valence electrons. The van der Waals surface area contributed by atoms with Crippen molar-refractivity contribution in [2.24, 2.45) is 0 Å². The van der Waals surface area contributed by atoms with Crippen molar-refractivity contribution in [3.63, 3.8) is 0 Å². The Labute approximate surface area is 199 Å². The minimum Gasteiger partial charge on any atom is -0.337 e. The molecular formula is C25H29ClN4OS. The van der Waals surface area contributed by atoms with Crippen molar-refractivity contribution in [3.8, 4) is 17.1 Å². The van der Waals surface area contributed by atoms with Gasteiger partial charge < -0.3 is 4.90 Å². The van der Waals surface area contributed by atoms with E-state index >= 15 is 0 Å². The molecule has 2 heterocycles. The highest BCUT2D eigenvalue weighted by molar-refractivity contribution is 7.99. The Morgan fingerprint density at radius 2 is 1.69 bits per heavy atom. The first-order chi connectivity index (χ1) is 15.5. The van der Waals surface area contributed by atoms with Crippen molar-refractivity contribution in [1.82, 2.24) is 19.7 Å². The fourth-order valence-corrected chi connectivity index (χ4v) is 5.32. The van der Waals surface area contributed by atoms with Crippen LogP contribution >= 0.6 is 23.4 Å². The van der Waals surface area contributed by atoms with E-state index in [2.05, 4.69) is 55.2 Å². The molecule has 0 aliphatic carbocycles. The normalized spacial score (nSPS) is 18.7. The van der Waals surface area contributed by atoms with Crippen LogP contribution in [0, 0.1) is 0 Å². The fourth-order valence-electron chi connectivity index (χ4n) is 4.38. The summed E-state index contributed by atoms with van der Waals surface area (Å²) in [5.74, 6) is 1.25. The van der Waals surface area contributed by atoms with Crippen LogP contribution in [0.2, 0.25) is 5.02 Å². The van der Waals surface area contributed by atoms with Crippen molar-refractivity contribution in [3.05, 3.63) is 59.1 Å². The van der Waals surface area contributed by atoms with Crippen LogP contribution in [-0.4, -0.2) is 43.4 Å². The fraction of sp³-hybridized carbons (Fsp3) is 0.400. The van der Waals surface area contributed by atoms with E-state index in [4.69, 9.17) is 11.6 Å². The number of thioether (sulfide) groups is 1. The summed E-state index contributed by atoms with van der Waals surface area (Å²) in [6, 6.07) is 16.6. The summed E-state index contributed by atoms with van der Waals surface area (Å²) in [4.78, 5) is 15.1. The zero-order valence-corrected chi connectivity index (χ0v) is 20.4. The Morgan fingerprint density at radius 1 is 1.03 bits per heavy atom. The van der Waals surface area contributed by atoms with Crippen LogP contribution < -0.4 is 0 Å². The van der Waals surface area contributed by atoms with Crippen LogP contribution in [0.4, 0.5) is 0 Å². The summed E-state index contributed by atoms with van der Waals surface area (Å²) >= 11 is 7.54. The van der Waals surface area contributed by atoms with Gasteiger partial charge in [0.2, 0.25) is 5.91 Å². The number of halogens is 1. The standard InChI is InChI=1S/C25H29ClN4OS/c1-4-19-8-14-22(15-9-19)30-24(20-10-12-21(26)13-11-20)27-28-25(30)32-16-23(31)29-17(2)6-5-7-18(29)3/h8-15,17-18H,4-7,16H2,1-3H3/t17-,18-/m0/s1. The summed E-state index contributed by atoms with van der Waals surface area (Å²) in [6.07, 6.45) is 4.31. The molecule has 1 aliphatic heterocycles. The number of hydrogen-bond acceptors (Lipinski definition) is 4. The molecule has 7 heteroatoms. The quantitative estimate of drug-likeness (QED) is 0.414. The molecule has 1 saturated heterocycles. The average molecular weight is 469 g/mol. The lowest BCUT2D eigenvalue weighted by Gasteiger charge is -2.39. The van der Waals surface area contributed by atoms with E-state index in [0.29, 0.717) is 15.9 Å². The monoisotopic (exact) mass is 468 g/mol. The second-order valence-corrected chi connectivity index (χ2v) is 9.77. The first kappa shape index (κ1) is 22.9. The lowest BCUT2D eigenvalue weighted by molar-refractivity contribution is -0.134. The second kappa shape index (κ2) is 10.1. The molecule has 0 radical (unpaired) electrons. The number of benzene rings is 2. The van der Waals surface area contributed by atoms with Gasteiger partial charge in [-0.15, -0.1) is 10.2 Å². The molecule has 2 aromatic carbocycles. The Kier molecular flexibility index (Phi) is 7.21. The number of carbonyl (C=O) groups excluding carboxylic acids is 1. The van der Waals surface area contributed by atoms with Crippen LogP contribution in [0.25, 0.3) is 17.1 Å². The predicted octanol–water partition coefficient (Wildman–Crippen LogP) is 6.03. The van der Waals surface area contributed by atoms with Crippen molar-refractivity contribution in [1.29, 1.82) is 0 Å².